The number of nitrogens with one attached hydrogen (secondary N) is 2. The topological polar surface area (TPSA) is 65.1 Å². The van der Waals surface area contributed by atoms with Crippen molar-refractivity contribution >= 4 is 29.5 Å². The van der Waals surface area contributed by atoms with Gasteiger partial charge in [-0.25, -0.2) is 0 Å². The highest BCUT2D eigenvalue weighted by Gasteiger charge is 2.22. The van der Waals surface area contributed by atoms with Gasteiger partial charge < -0.3 is 15.4 Å². The molecular weight excluding hydrogens is 268 g/mol. The fourth-order valence-corrected chi connectivity index (χ4v) is 2.87. The molecule has 4 nitrogen and oxygen atoms in total. The summed E-state index contributed by atoms with van der Waals surface area (Å²) in [4.78, 5) is 15.8. The van der Waals surface area contributed by atoms with Gasteiger partial charge in [0.25, 0.3) is 0 Å². The second kappa shape index (κ2) is 6.45. The van der Waals surface area contributed by atoms with E-state index in [2.05, 4.69) is 10.3 Å². The number of aromatic nitrogens is 1. The van der Waals surface area contributed by atoms with Crippen LogP contribution in [0, 0.1) is 10.9 Å². The van der Waals surface area contributed by atoms with Crippen molar-refractivity contribution in [3.05, 3.63) is 14.5 Å². The molecule has 1 rings (SSSR count). The van der Waals surface area contributed by atoms with Crippen LogP contribution < -0.4 is 5.32 Å². The number of hydrogen-bond donors (Lipinski definition) is 3. The Balaban J connectivity index is 2.53. The van der Waals surface area contributed by atoms with Crippen molar-refractivity contribution in [2.45, 2.75) is 45.6 Å². The summed E-state index contributed by atoms with van der Waals surface area (Å²) in [6.07, 6.45) is 1.57. The van der Waals surface area contributed by atoms with E-state index < -0.39 is 5.60 Å². The van der Waals surface area contributed by atoms with Crippen LogP contribution >= 0.6 is 23.6 Å². The van der Waals surface area contributed by atoms with Crippen LogP contribution in [0.15, 0.2) is 0 Å². The molecule has 0 atom stereocenters. The highest BCUT2D eigenvalue weighted by Crippen LogP contribution is 2.16. The van der Waals surface area contributed by atoms with E-state index in [1.165, 1.54) is 11.3 Å². The smallest absolute Gasteiger partial charge is 0.225 e. The lowest BCUT2D eigenvalue weighted by Gasteiger charge is -2.25. The van der Waals surface area contributed by atoms with Gasteiger partial charge in [0.15, 0.2) is 3.95 Å². The Kier molecular flexibility index (Phi) is 5.49. The van der Waals surface area contributed by atoms with E-state index in [4.69, 9.17) is 12.2 Å². The number of H-pyrrole nitrogens is 1. The molecule has 0 saturated heterocycles. The molecule has 0 aliphatic carbocycles. The average Bonchev–Trinajstić information content (AvgIpc) is 2.65. The number of carbonyl (C=O) groups excluding carboxylic acids is 1. The van der Waals surface area contributed by atoms with Crippen molar-refractivity contribution < 1.29 is 9.90 Å². The lowest BCUT2D eigenvalue weighted by atomic mass is 9.97. The predicted molar refractivity (Wildman–Crippen MR) is 76.5 cm³/mol. The first-order valence-corrected chi connectivity index (χ1v) is 7.30. The molecule has 0 spiro atoms. The fourth-order valence-electron chi connectivity index (χ4n) is 1.58. The Bertz CT molecular complexity index is 461. The van der Waals surface area contributed by atoms with Crippen LogP contribution in [0.3, 0.4) is 0 Å². The minimum absolute atomic E-state index is 0.0799. The molecule has 6 heteroatoms. The lowest BCUT2D eigenvalue weighted by molar-refractivity contribution is -0.121. The summed E-state index contributed by atoms with van der Waals surface area (Å²) in [6, 6.07) is 0. The molecule has 102 valence electrons. The van der Waals surface area contributed by atoms with Gasteiger partial charge in [-0.1, -0.05) is 13.8 Å². The van der Waals surface area contributed by atoms with Crippen molar-refractivity contribution in [1.29, 1.82) is 0 Å². The molecule has 1 aromatic heterocycles. The molecule has 0 bridgehead atoms. The van der Waals surface area contributed by atoms with E-state index in [1.54, 1.807) is 0 Å². The summed E-state index contributed by atoms with van der Waals surface area (Å²) < 4.78 is 0.689. The van der Waals surface area contributed by atoms with E-state index in [0.717, 1.165) is 10.6 Å². The molecule has 0 aliphatic rings. The maximum Gasteiger partial charge on any atom is 0.225 e. The Morgan fingerprint density at radius 1 is 1.50 bits per heavy atom. The molecular formula is C12H20N2O2S2. The SMILES string of the molecule is CCC(O)(CC)CNC(=O)Cc1sc(=S)[nH]c1C. The monoisotopic (exact) mass is 288 g/mol. The Hall–Kier alpha value is -0.720. The van der Waals surface area contributed by atoms with Crippen molar-refractivity contribution in [1.82, 2.24) is 10.3 Å². The zero-order chi connectivity index (χ0) is 13.8. The summed E-state index contributed by atoms with van der Waals surface area (Å²) in [5.41, 5.74) is 0.150. The highest BCUT2D eigenvalue weighted by molar-refractivity contribution is 7.73. The van der Waals surface area contributed by atoms with E-state index in [-0.39, 0.29) is 5.91 Å². The normalized spacial score (nSPS) is 11.6. The van der Waals surface area contributed by atoms with E-state index >= 15 is 0 Å². The quantitative estimate of drug-likeness (QED) is 0.704. The molecule has 1 amide bonds. The first-order chi connectivity index (χ1) is 8.40. The van der Waals surface area contributed by atoms with Crippen LogP contribution in [0.5, 0.6) is 0 Å². The summed E-state index contributed by atoms with van der Waals surface area (Å²) >= 11 is 6.45. The molecule has 0 aliphatic heterocycles. The number of hydrogen-bond acceptors (Lipinski definition) is 4. The second-order valence-electron chi connectivity index (χ2n) is 4.45. The molecule has 0 aromatic carbocycles. The third-order valence-electron chi connectivity index (χ3n) is 3.18. The summed E-state index contributed by atoms with van der Waals surface area (Å²) in [7, 11) is 0. The molecule has 0 unspecified atom stereocenters. The van der Waals surface area contributed by atoms with E-state index in [0.29, 0.717) is 29.8 Å². The maximum atomic E-state index is 11.8. The van der Waals surface area contributed by atoms with Gasteiger partial charge in [0.2, 0.25) is 5.91 Å². The Labute approximate surface area is 116 Å². The van der Waals surface area contributed by atoms with Gasteiger partial charge >= 0.3 is 0 Å². The van der Waals surface area contributed by atoms with Crippen molar-refractivity contribution in [3.63, 3.8) is 0 Å². The summed E-state index contributed by atoms with van der Waals surface area (Å²) in [5, 5.41) is 12.8. The van der Waals surface area contributed by atoms with Gasteiger partial charge in [0, 0.05) is 17.1 Å². The number of rotatable bonds is 6. The molecule has 18 heavy (non-hydrogen) atoms. The number of thiazole rings is 1. The number of aryl methyl sites for hydroxylation is 1. The summed E-state index contributed by atoms with van der Waals surface area (Å²) in [5.74, 6) is -0.0799. The largest absolute Gasteiger partial charge is 0.388 e. The third kappa shape index (κ3) is 4.19. The van der Waals surface area contributed by atoms with Crippen molar-refractivity contribution in [3.8, 4) is 0 Å². The molecule has 1 heterocycles. The van der Waals surface area contributed by atoms with Crippen LogP contribution in [-0.4, -0.2) is 28.1 Å². The molecule has 0 saturated carbocycles. The van der Waals surface area contributed by atoms with Crippen molar-refractivity contribution in [2.24, 2.45) is 0 Å². The Morgan fingerprint density at radius 3 is 2.56 bits per heavy atom. The predicted octanol–water partition coefficient (Wildman–Crippen LogP) is 2.32. The van der Waals surface area contributed by atoms with Gasteiger partial charge in [-0.3, -0.25) is 4.79 Å². The van der Waals surface area contributed by atoms with Gasteiger partial charge in [-0.2, -0.15) is 0 Å². The number of aliphatic hydroxyl groups is 1. The van der Waals surface area contributed by atoms with Gasteiger partial charge in [-0.15, -0.1) is 11.3 Å². The van der Waals surface area contributed by atoms with Crippen LogP contribution in [0.4, 0.5) is 0 Å². The molecule has 1 aromatic rings. The minimum Gasteiger partial charge on any atom is -0.388 e. The minimum atomic E-state index is -0.796. The first kappa shape index (κ1) is 15.3. The van der Waals surface area contributed by atoms with Crippen molar-refractivity contribution in [2.75, 3.05) is 6.54 Å². The highest BCUT2D eigenvalue weighted by atomic mass is 32.1. The zero-order valence-electron chi connectivity index (χ0n) is 11.0. The van der Waals surface area contributed by atoms with Gasteiger partial charge in [-0.05, 0) is 32.0 Å². The number of carbonyl (C=O) groups is 1. The van der Waals surface area contributed by atoms with Crippen LogP contribution in [0.25, 0.3) is 0 Å². The zero-order valence-corrected chi connectivity index (χ0v) is 12.6. The van der Waals surface area contributed by atoms with Crippen LogP contribution in [0.2, 0.25) is 0 Å². The van der Waals surface area contributed by atoms with Gasteiger partial charge in [0.05, 0.1) is 12.0 Å². The maximum absolute atomic E-state index is 11.8. The van der Waals surface area contributed by atoms with Gasteiger partial charge in [0.1, 0.15) is 0 Å². The first-order valence-electron chi connectivity index (χ1n) is 6.08. The standard InChI is InChI=1S/C12H20N2O2S2/c1-4-12(16,5-2)7-13-10(15)6-9-8(3)14-11(17)18-9/h16H,4-7H2,1-3H3,(H,13,15)(H,14,17). The van der Waals surface area contributed by atoms with E-state index in [1.807, 2.05) is 20.8 Å². The van der Waals surface area contributed by atoms with Crippen LogP contribution in [0.1, 0.15) is 37.3 Å². The number of aromatic amines is 1. The lowest BCUT2D eigenvalue weighted by Crippen LogP contribution is -2.42. The summed E-state index contributed by atoms with van der Waals surface area (Å²) in [6.45, 7) is 6.03. The molecule has 0 radical (unpaired) electrons. The molecule has 3 N–H and O–H groups in total. The fraction of sp³-hybridized carbons (Fsp3) is 0.667. The van der Waals surface area contributed by atoms with Crippen LogP contribution in [-0.2, 0) is 11.2 Å². The average molecular weight is 288 g/mol. The third-order valence-corrected chi connectivity index (χ3v) is 4.51. The molecule has 0 fully saturated rings. The second-order valence-corrected chi connectivity index (χ2v) is 6.22. The van der Waals surface area contributed by atoms with E-state index in [9.17, 15) is 9.90 Å². The Morgan fingerprint density at radius 2 is 2.11 bits per heavy atom. The number of amides is 1.